The van der Waals surface area contributed by atoms with Crippen molar-refractivity contribution < 1.29 is 8.83 Å². The van der Waals surface area contributed by atoms with Gasteiger partial charge in [-0.15, -0.1) is 0 Å². The van der Waals surface area contributed by atoms with Crippen LogP contribution >= 0.6 is 0 Å². The second-order valence-corrected chi connectivity index (χ2v) is 18.7. The van der Waals surface area contributed by atoms with E-state index in [1.807, 2.05) is 6.07 Å². The molecule has 0 amide bonds. The SMILES string of the molecule is CC1C(C2=CC=CCC2)=CC=CC1N(c1ccc2ccc3c(N(c4cccc(-c5ccccc5)c4)c4cccc5c4oc4ccccc45)ccc4ccc1c2c43)c1cccc2c1oc1ccccc12. The summed E-state index contributed by atoms with van der Waals surface area (Å²) in [6, 6.07) is 68.1. The lowest BCUT2D eigenvalue weighted by atomic mass is 9.80. The van der Waals surface area contributed by atoms with Crippen molar-refractivity contribution in [3.8, 4) is 11.1 Å². The number of anilines is 5. The van der Waals surface area contributed by atoms with Crippen LogP contribution in [-0.4, -0.2) is 6.04 Å². The van der Waals surface area contributed by atoms with Gasteiger partial charge in [-0.2, -0.15) is 0 Å². The molecule has 2 aliphatic rings. The molecular formula is C65H46N2O2. The zero-order valence-corrected chi connectivity index (χ0v) is 38.1. The molecule has 0 saturated carbocycles. The van der Waals surface area contributed by atoms with E-state index in [0.29, 0.717) is 0 Å². The largest absolute Gasteiger partial charge is 0.454 e. The third-order valence-corrected chi connectivity index (χ3v) is 14.9. The quantitative estimate of drug-likeness (QED) is 0.142. The minimum atomic E-state index is 0.00123. The maximum atomic E-state index is 6.88. The molecule has 2 unspecified atom stereocenters. The summed E-state index contributed by atoms with van der Waals surface area (Å²) in [4.78, 5) is 4.99. The molecule has 0 bridgehead atoms. The monoisotopic (exact) mass is 886 g/mol. The van der Waals surface area contributed by atoms with Crippen LogP contribution in [0.25, 0.3) is 87.3 Å². The molecule has 2 heterocycles. The second kappa shape index (κ2) is 15.8. The second-order valence-electron chi connectivity index (χ2n) is 18.7. The van der Waals surface area contributed by atoms with Crippen molar-refractivity contribution in [3.63, 3.8) is 0 Å². The van der Waals surface area contributed by atoms with Crippen molar-refractivity contribution in [2.75, 3.05) is 9.80 Å². The third kappa shape index (κ3) is 6.22. The van der Waals surface area contributed by atoms with Crippen LogP contribution in [0.1, 0.15) is 19.8 Å². The fourth-order valence-electron chi connectivity index (χ4n) is 11.6. The Balaban J connectivity index is 1.02. The number of nitrogens with zero attached hydrogens (tertiary/aromatic N) is 2. The van der Waals surface area contributed by atoms with Gasteiger partial charge in [-0.1, -0.05) is 183 Å². The Morgan fingerprint density at radius 1 is 0.464 bits per heavy atom. The van der Waals surface area contributed by atoms with Gasteiger partial charge < -0.3 is 18.6 Å². The molecule has 0 saturated heterocycles. The Labute approximate surface area is 399 Å². The predicted octanol–water partition coefficient (Wildman–Crippen LogP) is 18.4. The van der Waals surface area contributed by atoms with Crippen LogP contribution < -0.4 is 9.80 Å². The van der Waals surface area contributed by atoms with Crippen LogP contribution in [0.3, 0.4) is 0 Å². The standard InChI is InChI=1S/C65H46N2O2/c1-41-48(43-18-6-3-7-19-43)24-13-27-55(41)67(59-29-15-26-52-50-23-9-11-31-61(50)69-65(52)59)57-39-35-45-32-36-53-56(38-34-44-33-37-54(57)63(45)62(44)53)66(47-21-12-20-46(40-47)42-16-4-2-5-17-42)58-28-14-25-51-49-22-8-10-30-60(49)68-64(51)58/h2-6,8-18,20-41,55H,7,19H2,1H3. The molecule has 0 fully saturated rings. The summed E-state index contributed by atoms with van der Waals surface area (Å²) in [6.07, 6.45) is 15.9. The average molecular weight is 887 g/mol. The fraction of sp³-hybridized carbons (Fsp3) is 0.0769. The summed E-state index contributed by atoms with van der Waals surface area (Å²) in [5.74, 6) is 0.193. The van der Waals surface area contributed by atoms with E-state index >= 15 is 0 Å². The van der Waals surface area contributed by atoms with Gasteiger partial charge in [0.25, 0.3) is 0 Å². The van der Waals surface area contributed by atoms with Crippen molar-refractivity contribution in [1.82, 2.24) is 0 Å². The summed E-state index contributed by atoms with van der Waals surface area (Å²) < 4.78 is 13.7. The lowest BCUT2D eigenvalue weighted by Gasteiger charge is -2.39. The molecule has 0 N–H and O–H groups in total. The van der Waals surface area contributed by atoms with Crippen LogP contribution in [0.4, 0.5) is 28.4 Å². The highest BCUT2D eigenvalue weighted by Gasteiger charge is 2.33. The van der Waals surface area contributed by atoms with E-state index < -0.39 is 0 Å². The minimum Gasteiger partial charge on any atom is -0.454 e. The van der Waals surface area contributed by atoms with Gasteiger partial charge in [0.1, 0.15) is 11.2 Å². The van der Waals surface area contributed by atoms with Crippen LogP contribution in [0, 0.1) is 5.92 Å². The molecule has 10 aromatic carbocycles. The number of allylic oxidation sites excluding steroid dienone is 6. The van der Waals surface area contributed by atoms with E-state index in [1.54, 1.807) is 0 Å². The van der Waals surface area contributed by atoms with E-state index in [1.165, 1.54) is 49.0 Å². The Kier molecular flexibility index (Phi) is 9.03. The molecule has 0 spiro atoms. The summed E-state index contributed by atoms with van der Waals surface area (Å²) in [7, 11) is 0. The molecular weight excluding hydrogens is 841 g/mol. The zero-order chi connectivity index (χ0) is 45.6. The molecule has 0 aliphatic heterocycles. The maximum Gasteiger partial charge on any atom is 0.159 e. The number of furan rings is 2. The summed E-state index contributed by atoms with van der Waals surface area (Å²) in [6.45, 7) is 2.40. The highest BCUT2D eigenvalue weighted by atomic mass is 16.3. The molecule has 12 aromatic rings. The molecule has 69 heavy (non-hydrogen) atoms. The van der Waals surface area contributed by atoms with Crippen LogP contribution in [0.15, 0.2) is 244 Å². The highest BCUT2D eigenvalue weighted by molar-refractivity contribution is 6.28. The van der Waals surface area contributed by atoms with Gasteiger partial charge in [-0.25, -0.2) is 0 Å². The lowest BCUT2D eigenvalue weighted by molar-refractivity contribution is 0.576. The van der Waals surface area contributed by atoms with Gasteiger partial charge in [0, 0.05) is 49.6 Å². The van der Waals surface area contributed by atoms with Gasteiger partial charge in [0.2, 0.25) is 0 Å². The van der Waals surface area contributed by atoms with Crippen LogP contribution in [-0.2, 0) is 0 Å². The molecule has 328 valence electrons. The number of hydrogen-bond donors (Lipinski definition) is 0. The van der Waals surface area contributed by atoms with E-state index in [0.717, 1.165) is 90.7 Å². The zero-order valence-electron chi connectivity index (χ0n) is 38.1. The van der Waals surface area contributed by atoms with Gasteiger partial charge in [-0.3, -0.25) is 0 Å². The Hall–Kier alpha value is -8.60. The first-order valence-electron chi connectivity index (χ1n) is 24.2. The average Bonchev–Trinajstić information content (AvgIpc) is 3.99. The van der Waals surface area contributed by atoms with Gasteiger partial charge >= 0.3 is 0 Å². The summed E-state index contributed by atoms with van der Waals surface area (Å²) >= 11 is 0. The fourth-order valence-corrected chi connectivity index (χ4v) is 11.6. The summed E-state index contributed by atoms with van der Waals surface area (Å²) in [5, 5.41) is 11.7. The van der Waals surface area contributed by atoms with E-state index in [4.69, 9.17) is 8.83 Å². The Morgan fingerprint density at radius 3 is 1.77 bits per heavy atom. The normalized spacial score (nSPS) is 16.1. The number of hydrogen-bond acceptors (Lipinski definition) is 4. The first kappa shape index (κ1) is 39.6. The number of benzene rings is 10. The molecule has 14 rings (SSSR count). The predicted molar refractivity (Wildman–Crippen MR) is 290 cm³/mol. The van der Waals surface area contributed by atoms with Crippen LogP contribution in [0.2, 0.25) is 0 Å². The van der Waals surface area contributed by atoms with Gasteiger partial charge in [0.05, 0.1) is 23.1 Å². The molecule has 2 atom stereocenters. The molecule has 2 aliphatic carbocycles. The number of para-hydroxylation sites is 4. The molecule has 4 nitrogen and oxygen atoms in total. The molecule has 2 aromatic heterocycles. The maximum absolute atomic E-state index is 6.88. The molecule has 0 radical (unpaired) electrons. The van der Waals surface area contributed by atoms with Crippen LogP contribution in [0.5, 0.6) is 0 Å². The topological polar surface area (TPSA) is 32.8 Å². The van der Waals surface area contributed by atoms with Gasteiger partial charge in [-0.05, 0) is 105 Å². The molecule has 4 heteroatoms. The van der Waals surface area contributed by atoms with Crippen molar-refractivity contribution in [2.24, 2.45) is 5.92 Å². The first-order valence-corrected chi connectivity index (χ1v) is 24.2. The highest BCUT2D eigenvalue weighted by Crippen LogP contribution is 2.51. The van der Waals surface area contributed by atoms with Crippen molar-refractivity contribution in [1.29, 1.82) is 0 Å². The van der Waals surface area contributed by atoms with Crippen molar-refractivity contribution in [3.05, 3.63) is 236 Å². The Bertz CT molecular complexity index is 4130. The lowest BCUT2D eigenvalue weighted by Crippen LogP contribution is -2.37. The number of rotatable bonds is 8. The minimum absolute atomic E-state index is 0.00123. The van der Waals surface area contributed by atoms with E-state index in [9.17, 15) is 0 Å². The third-order valence-electron chi connectivity index (χ3n) is 14.9. The van der Waals surface area contributed by atoms with E-state index in [2.05, 4.69) is 235 Å². The van der Waals surface area contributed by atoms with Crippen molar-refractivity contribution >= 4 is 105 Å². The smallest absolute Gasteiger partial charge is 0.159 e. The number of fused-ring (bicyclic) bond motifs is 6. The summed E-state index contributed by atoms with van der Waals surface area (Å²) in [5.41, 5.74) is 14.0. The van der Waals surface area contributed by atoms with E-state index in [-0.39, 0.29) is 12.0 Å². The first-order chi connectivity index (χ1) is 34.2. The van der Waals surface area contributed by atoms with Crippen molar-refractivity contribution in [2.45, 2.75) is 25.8 Å². The van der Waals surface area contributed by atoms with Gasteiger partial charge in [0.15, 0.2) is 11.2 Å². The Morgan fingerprint density at radius 2 is 1.06 bits per heavy atom.